The van der Waals surface area contributed by atoms with Crippen LogP contribution in [0.25, 0.3) is 0 Å². The van der Waals surface area contributed by atoms with Crippen molar-refractivity contribution in [2.45, 2.75) is 32.7 Å². The van der Waals surface area contributed by atoms with Crippen LogP contribution in [0.5, 0.6) is 17.2 Å². The van der Waals surface area contributed by atoms with E-state index in [1.54, 1.807) is 21.3 Å². The Morgan fingerprint density at radius 2 is 1.71 bits per heavy atom. The lowest BCUT2D eigenvalue weighted by molar-refractivity contribution is 0.0203. The van der Waals surface area contributed by atoms with Crippen LogP contribution < -0.4 is 24.8 Å². The van der Waals surface area contributed by atoms with E-state index >= 15 is 0 Å². The molecule has 0 saturated carbocycles. The quantitative estimate of drug-likeness (QED) is 0.179. The highest BCUT2D eigenvalue weighted by Crippen LogP contribution is 2.34. The molecule has 0 unspecified atom stereocenters. The molecule has 2 rings (SSSR count). The third-order valence-electron chi connectivity index (χ3n) is 4.99. The van der Waals surface area contributed by atoms with E-state index in [0.717, 1.165) is 70.3 Å². The highest BCUT2D eigenvalue weighted by molar-refractivity contribution is 14.0. The average molecular weight is 551 g/mol. The van der Waals surface area contributed by atoms with Crippen LogP contribution in [-0.2, 0) is 16.0 Å². The molecular weight excluding hydrogens is 513 g/mol. The summed E-state index contributed by atoms with van der Waals surface area (Å²) < 4.78 is 27.4. The Balaban J connectivity index is 0.00000480. The normalized spacial score (nSPS) is 14.5. The monoisotopic (exact) mass is 551 g/mol. The smallest absolute Gasteiger partial charge is 0.191 e. The van der Waals surface area contributed by atoms with Gasteiger partial charge in [0.15, 0.2) is 17.5 Å². The number of benzene rings is 1. The molecule has 8 nitrogen and oxygen atoms in total. The summed E-state index contributed by atoms with van der Waals surface area (Å²) in [4.78, 5) is 4.68. The lowest BCUT2D eigenvalue weighted by atomic mass is 10.0. The van der Waals surface area contributed by atoms with Crippen molar-refractivity contribution in [3.8, 4) is 17.2 Å². The van der Waals surface area contributed by atoms with Gasteiger partial charge < -0.3 is 34.3 Å². The summed E-state index contributed by atoms with van der Waals surface area (Å²) in [6.07, 6.45) is 3.14. The minimum atomic E-state index is 0. The summed E-state index contributed by atoms with van der Waals surface area (Å²) in [6, 6.07) is 3.72. The highest BCUT2D eigenvalue weighted by atomic mass is 127. The van der Waals surface area contributed by atoms with Gasteiger partial charge in [0.25, 0.3) is 0 Å². The van der Waals surface area contributed by atoms with Crippen LogP contribution >= 0.6 is 24.0 Å². The van der Waals surface area contributed by atoms with Gasteiger partial charge in [-0.2, -0.15) is 0 Å². The summed E-state index contributed by atoms with van der Waals surface area (Å²) in [5.74, 6) is 3.41. The van der Waals surface area contributed by atoms with Crippen LogP contribution in [0.1, 0.15) is 31.7 Å². The number of halogens is 1. The Labute approximate surface area is 203 Å². The van der Waals surface area contributed by atoms with Crippen LogP contribution in [0.4, 0.5) is 0 Å². The molecule has 0 atom stereocenters. The van der Waals surface area contributed by atoms with E-state index in [1.807, 2.05) is 19.1 Å². The lowest BCUT2D eigenvalue weighted by Crippen LogP contribution is -2.38. The maximum atomic E-state index is 5.82. The maximum Gasteiger partial charge on any atom is 0.191 e. The number of hydrogen-bond donors (Lipinski definition) is 2. The number of nitrogens with zero attached hydrogens (tertiary/aromatic N) is 1. The maximum absolute atomic E-state index is 5.82. The molecule has 1 heterocycles. The lowest BCUT2D eigenvalue weighted by Gasteiger charge is -2.21. The molecule has 9 heteroatoms. The van der Waals surface area contributed by atoms with Gasteiger partial charge in [-0.1, -0.05) is 0 Å². The van der Waals surface area contributed by atoms with Gasteiger partial charge in [0, 0.05) is 51.1 Å². The van der Waals surface area contributed by atoms with Gasteiger partial charge in [0.1, 0.15) is 5.75 Å². The molecule has 0 amide bonds. The van der Waals surface area contributed by atoms with Gasteiger partial charge in [0.2, 0.25) is 0 Å². The van der Waals surface area contributed by atoms with E-state index in [1.165, 1.54) is 0 Å². The number of methoxy groups -OCH3 is 3. The van der Waals surface area contributed by atoms with Crippen molar-refractivity contribution in [1.29, 1.82) is 0 Å². The fraction of sp³-hybridized carbons (Fsp3) is 0.682. The molecule has 1 saturated heterocycles. The average Bonchev–Trinajstić information content (AvgIpc) is 2.79. The number of aliphatic imine (C=N–C) groups is 1. The first-order valence-corrected chi connectivity index (χ1v) is 10.7. The first kappa shape index (κ1) is 27.6. The highest BCUT2D eigenvalue weighted by Gasteiger charge is 2.14. The largest absolute Gasteiger partial charge is 0.496 e. The van der Waals surface area contributed by atoms with Gasteiger partial charge in [-0.25, -0.2) is 4.99 Å². The van der Waals surface area contributed by atoms with Gasteiger partial charge >= 0.3 is 0 Å². The van der Waals surface area contributed by atoms with Gasteiger partial charge in [-0.05, 0) is 38.2 Å². The van der Waals surface area contributed by atoms with E-state index in [4.69, 9.17) is 23.7 Å². The van der Waals surface area contributed by atoms with E-state index in [0.29, 0.717) is 29.7 Å². The molecular formula is C22H38IN3O5. The molecule has 1 aliphatic rings. The van der Waals surface area contributed by atoms with Gasteiger partial charge in [-0.3, -0.25) is 0 Å². The Bertz CT molecular complexity index is 654. The zero-order chi connectivity index (χ0) is 21.6. The molecule has 1 aromatic carbocycles. The van der Waals surface area contributed by atoms with E-state index in [-0.39, 0.29) is 24.0 Å². The van der Waals surface area contributed by atoms with Gasteiger partial charge in [-0.15, -0.1) is 24.0 Å². The molecule has 0 spiro atoms. The molecule has 178 valence electrons. The molecule has 1 aromatic rings. The van der Waals surface area contributed by atoms with Crippen molar-refractivity contribution >= 4 is 29.9 Å². The number of guanidine groups is 1. The van der Waals surface area contributed by atoms with Crippen molar-refractivity contribution < 1.29 is 23.7 Å². The van der Waals surface area contributed by atoms with Gasteiger partial charge in [0.05, 0.1) is 27.9 Å². The summed E-state index contributed by atoms with van der Waals surface area (Å²) in [5.41, 5.74) is 0.923. The number of ether oxygens (including phenoxy) is 5. The van der Waals surface area contributed by atoms with Crippen LogP contribution in [-0.4, -0.2) is 66.8 Å². The van der Waals surface area contributed by atoms with E-state index in [9.17, 15) is 0 Å². The summed E-state index contributed by atoms with van der Waals surface area (Å²) in [7, 11) is 4.86. The Kier molecular flexibility index (Phi) is 14.4. The minimum absolute atomic E-state index is 0. The molecule has 1 fully saturated rings. The zero-order valence-corrected chi connectivity index (χ0v) is 21.5. The molecule has 2 N–H and O–H groups in total. The second-order valence-corrected chi connectivity index (χ2v) is 7.13. The second-order valence-electron chi connectivity index (χ2n) is 7.13. The van der Waals surface area contributed by atoms with Crippen molar-refractivity contribution in [2.75, 3.05) is 60.8 Å². The molecule has 0 radical (unpaired) electrons. The molecule has 0 bridgehead atoms. The third kappa shape index (κ3) is 9.69. The number of nitrogens with one attached hydrogen (secondary N) is 2. The molecule has 31 heavy (non-hydrogen) atoms. The van der Waals surface area contributed by atoms with Crippen LogP contribution in [0.2, 0.25) is 0 Å². The van der Waals surface area contributed by atoms with Crippen LogP contribution in [0.3, 0.4) is 0 Å². The first-order chi connectivity index (χ1) is 14.7. The van der Waals surface area contributed by atoms with Crippen molar-refractivity contribution in [3.05, 3.63) is 17.7 Å². The Hall–Kier alpha value is -1.46. The minimum Gasteiger partial charge on any atom is -0.496 e. The fourth-order valence-corrected chi connectivity index (χ4v) is 3.27. The predicted octanol–water partition coefficient (Wildman–Crippen LogP) is 3.22. The first-order valence-electron chi connectivity index (χ1n) is 10.7. The standard InChI is InChI=1S/C22H37N3O5.HI/c1-5-23-22(24-9-6-10-30-16-17-7-11-29-12-8-17)25-15-18-13-20(27-3)21(28-4)14-19(18)26-2;/h13-14,17H,5-12,15-16H2,1-4H3,(H2,23,24,25);1H. The van der Waals surface area contributed by atoms with Crippen molar-refractivity contribution in [1.82, 2.24) is 10.6 Å². The fourth-order valence-electron chi connectivity index (χ4n) is 3.27. The van der Waals surface area contributed by atoms with E-state index < -0.39 is 0 Å². The van der Waals surface area contributed by atoms with Crippen LogP contribution in [0.15, 0.2) is 17.1 Å². The Morgan fingerprint density at radius 3 is 2.35 bits per heavy atom. The Morgan fingerprint density at radius 1 is 1.03 bits per heavy atom. The molecule has 0 aliphatic carbocycles. The summed E-state index contributed by atoms with van der Waals surface area (Å²) in [6.45, 7) is 7.39. The summed E-state index contributed by atoms with van der Waals surface area (Å²) >= 11 is 0. The number of hydrogen-bond acceptors (Lipinski definition) is 6. The second kappa shape index (κ2) is 16.2. The predicted molar refractivity (Wildman–Crippen MR) is 133 cm³/mol. The van der Waals surface area contributed by atoms with E-state index in [2.05, 4.69) is 15.6 Å². The summed E-state index contributed by atoms with van der Waals surface area (Å²) in [5, 5.41) is 6.63. The van der Waals surface area contributed by atoms with Crippen molar-refractivity contribution in [2.24, 2.45) is 10.9 Å². The molecule has 1 aliphatic heterocycles. The number of rotatable bonds is 12. The zero-order valence-electron chi connectivity index (χ0n) is 19.2. The SMILES string of the molecule is CCNC(=NCc1cc(OC)c(OC)cc1OC)NCCCOCC1CCOCC1.I. The van der Waals surface area contributed by atoms with Crippen molar-refractivity contribution in [3.63, 3.8) is 0 Å². The third-order valence-corrected chi connectivity index (χ3v) is 4.99. The topological polar surface area (TPSA) is 82.6 Å². The van der Waals surface area contributed by atoms with Crippen LogP contribution in [0, 0.1) is 5.92 Å². The molecule has 0 aromatic heterocycles.